The minimum Gasteiger partial charge on any atom is -0.497 e. The number of nitrogens with zero attached hydrogens (tertiary/aromatic N) is 1. The van der Waals surface area contributed by atoms with Crippen molar-refractivity contribution >= 4 is 11.9 Å². The predicted molar refractivity (Wildman–Crippen MR) is 81.6 cm³/mol. The van der Waals surface area contributed by atoms with Gasteiger partial charge in [-0.1, -0.05) is 12.1 Å². The highest BCUT2D eigenvalue weighted by Gasteiger charge is 2.26. The van der Waals surface area contributed by atoms with Gasteiger partial charge in [-0.3, -0.25) is 14.5 Å². The van der Waals surface area contributed by atoms with E-state index in [0.717, 1.165) is 24.3 Å². The summed E-state index contributed by atoms with van der Waals surface area (Å²) < 4.78 is 5.08. The van der Waals surface area contributed by atoms with E-state index in [1.807, 2.05) is 29.2 Å². The molecule has 1 aliphatic rings. The standard InChI is InChI=1S/C16H22N2O4/c1-22-14-6-4-12(5-7-14)9-17-15(19)11-18-8-2-3-13(10-18)16(20)21/h4-7,13H,2-3,8-11H2,1H3,(H,17,19)(H,20,21). The Morgan fingerprint density at radius 2 is 2.09 bits per heavy atom. The highest BCUT2D eigenvalue weighted by atomic mass is 16.5. The lowest BCUT2D eigenvalue weighted by Crippen LogP contribution is -2.44. The number of piperidine rings is 1. The zero-order chi connectivity index (χ0) is 15.9. The fourth-order valence-electron chi connectivity index (χ4n) is 2.60. The summed E-state index contributed by atoms with van der Waals surface area (Å²) >= 11 is 0. The number of carbonyl (C=O) groups is 2. The van der Waals surface area contributed by atoms with Crippen LogP contribution in [0.2, 0.25) is 0 Å². The van der Waals surface area contributed by atoms with Crippen LogP contribution >= 0.6 is 0 Å². The maximum atomic E-state index is 12.0. The molecule has 1 amide bonds. The van der Waals surface area contributed by atoms with Crippen LogP contribution in [0.15, 0.2) is 24.3 Å². The molecule has 1 fully saturated rings. The predicted octanol–water partition coefficient (Wildman–Crippen LogP) is 1.11. The summed E-state index contributed by atoms with van der Waals surface area (Å²) in [5.41, 5.74) is 0.996. The lowest BCUT2D eigenvalue weighted by Gasteiger charge is -2.29. The molecule has 1 heterocycles. The highest BCUT2D eigenvalue weighted by molar-refractivity contribution is 5.78. The van der Waals surface area contributed by atoms with E-state index in [0.29, 0.717) is 19.5 Å². The molecule has 6 heteroatoms. The molecule has 0 aromatic heterocycles. The Labute approximate surface area is 130 Å². The first-order valence-electron chi connectivity index (χ1n) is 7.43. The quantitative estimate of drug-likeness (QED) is 0.823. The van der Waals surface area contributed by atoms with E-state index >= 15 is 0 Å². The molecular formula is C16H22N2O4. The molecule has 2 rings (SSSR count). The van der Waals surface area contributed by atoms with Crippen molar-refractivity contribution in [3.05, 3.63) is 29.8 Å². The third-order valence-corrected chi connectivity index (χ3v) is 3.87. The minimum absolute atomic E-state index is 0.0816. The summed E-state index contributed by atoms with van der Waals surface area (Å²) in [6.07, 6.45) is 1.52. The normalized spacial score (nSPS) is 18.7. The van der Waals surface area contributed by atoms with Gasteiger partial charge in [-0.05, 0) is 37.1 Å². The Morgan fingerprint density at radius 3 is 2.73 bits per heavy atom. The molecule has 1 aliphatic heterocycles. The molecular weight excluding hydrogens is 284 g/mol. The molecule has 1 atom stereocenters. The largest absolute Gasteiger partial charge is 0.497 e. The molecule has 1 unspecified atom stereocenters. The van der Waals surface area contributed by atoms with Crippen molar-refractivity contribution < 1.29 is 19.4 Å². The fourth-order valence-corrected chi connectivity index (χ4v) is 2.60. The van der Waals surface area contributed by atoms with E-state index < -0.39 is 5.97 Å². The molecule has 22 heavy (non-hydrogen) atoms. The number of benzene rings is 1. The minimum atomic E-state index is -0.775. The molecule has 6 nitrogen and oxygen atoms in total. The van der Waals surface area contributed by atoms with Crippen LogP contribution in [0.5, 0.6) is 5.75 Å². The number of carboxylic acid groups (broad SMARTS) is 1. The molecule has 0 aliphatic carbocycles. The topological polar surface area (TPSA) is 78.9 Å². The first-order valence-corrected chi connectivity index (χ1v) is 7.43. The van der Waals surface area contributed by atoms with Gasteiger partial charge in [0.15, 0.2) is 0 Å². The van der Waals surface area contributed by atoms with Crippen LogP contribution in [0.1, 0.15) is 18.4 Å². The Morgan fingerprint density at radius 1 is 1.36 bits per heavy atom. The second-order valence-electron chi connectivity index (χ2n) is 5.54. The number of hydrogen-bond donors (Lipinski definition) is 2. The molecule has 0 radical (unpaired) electrons. The van der Waals surface area contributed by atoms with Gasteiger partial charge in [0.2, 0.25) is 5.91 Å². The summed E-state index contributed by atoms with van der Waals surface area (Å²) in [6.45, 7) is 1.93. The third kappa shape index (κ3) is 4.73. The van der Waals surface area contributed by atoms with Crippen molar-refractivity contribution in [2.45, 2.75) is 19.4 Å². The van der Waals surface area contributed by atoms with Crippen molar-refractivity contribution in [3.63, 3.8) is 0 Å². The monoisotopic (exact) mass is 306 g/mol. The Kier molecular flexibility index (Phi) is 5.77. The van der Waals surface area contributed by atoms with Crippen LogP contribution in [0.3, 0.4) is 0 Å². The summed E-state index contributed by atoms with van der Waals surface area (Å²) in [6, 6.07) is 7.51. The van der Waals surface area contributed by atoms with Gasteiger partial charge in [-0.15, -0.1) is 0 Å². The van der Waals surface area contributed by atoms with Crippen molar-refractivity contribution in [2.75, 3.05) is 26.7 Å². The lowest BCUT2D eigenvalue weighted by molar-refractivity contribution is -0.144. The van der Waals surface area contributed by atoms with Gasteiger partial charge in [-0.25, -0.2) is 0 Å². The zero-order valence-corrected chi connectivity index (χ0v) is 12.7. The average Bonchev–Trinajstić information content (AvgIpc) is 2.53. The number of likely N-dealkylation sites (tertiary alicyclic amines) is 1. The van der Waals surface area contributed by atoms with E-state index in [-0.39, 0.29) is 18.4 Å². The van der Waals surface area contributed by atoms with Crippen LogP contribution < -0.4 is 10.1 Å². The van der Waals surface area contributed by atoms with Crippen molar-refractivity contribution in [2.24, 2.45) is 5.92 Å². The number of carboxylic acids is 1. The van der Waals surface area contributed by atoms with Gasteiger partial charge in [0.1, 0.15) is 5.75 Å². The number of rotatable bonds is 6. The van der Waals surface area contributed by atoms with Crippen LogP contribution in [-0.4, -0.2) is 48.6 Å². The summed E-state index contributed by atoms with van der Waals surface area (Å²) in [5.74, 6) is -0.434. The van der Waals surface area contributed by atoms with Gasteiger partial charge < -0.3 is 15.2 Å². The van der Waals surface area contributed by atoms with E-state index in [2.05, 4.69) is 5.32 Å². The fraction of sp³-hybridized carbons (Fsp3) is 0.500. The zero-order valence-electron chi connectivity index (χ0n) is 12.7. The van der Waals surface area contributed by atoms with E-state index in [4.69, 9.17) is 9.84 Å². The summed E-state index contributed by atoms with van der Waals surface area (Å²) in [7, 11) is 1.61. The van der Waals surface area contributed by atoms with Crippen molar-refractivity contribution in [1.82, 2.24) is 10.2 Å². The number of carbonyl (C=O) groups excluding carboxylic acids is 1. The van der Waals surface area contributed by atoms with Gasteiger partial charge in [0, 0.05) is 13.1 Å². The first-order chi connectivity index (χ1) is 10.6. The first kappa shape index (κ1) is 16.3. The number of nitrogens with one attached hydrogen (secondary N) is 1. The Bertz CT molecular complexity index is 515. The molecule has 0 spiro atoms. The number of amides is 1. The van der Waals surface area contributed by atoms with Crippen molar-refractivity contribution in [3.8, 4) is 5.75 Å². The number of ether oxygens (including phenoxy) is 1. The van der Waals surface area contributed by atoms with Crippen molar-refractivity contribution in [1.29, 1.82) is 0 Å². The second kappa shape index (κ2) is 7.79. The molecule has 0 bridgehead atoms. The SMILES string of the molecule is COc1ccc(CNC(=O)CN2CCCC(C(=O)O)C2)cc1. The van der Waals surface area contributed by atoms with Gasteiger partial charge in [0.25, 0.3) is 0 Å². The Balaban J connectivity index is 1.76. The highest BCUT2D eigenvalue weighted by Crippen LogP contribution is 2.16. The molecule has 0 saturated carbocycles. The van der Waals surface area contributed by atoms with E-state index in [1.165, 1.54) is 0 Å². The van der Waals surface area contributed by atoms with Crippen LogP contribution in [-0.2, 0) is 16.1 Å². The molecule has 1 saturated heterocycles. The molecule has 120 valence electrons. The number of aliphatic carboxylic acids is 1. The van der Waals surface area contributed by atoms with Crippen LogP contribution in [0, 0.1) is 5.92 Å². The van der Waals surface area contributed by atoms with Crippen LogP contribution in [0.4, 0.5) is 0 Å². The smallest absolute Gasteiger partial charge is 0.307 e. The van der Waals surface area contributed by atoms with Gasteiger partial charge in [-0.2, -0.15) is 0 Å². The second-order valence-corrected chi connectivity index (χ2v) is 5.54. The molecule has 1 aromatic carbocycles. The maximum Gasteiger partial charge on any atom is 0.307 e. The van der Waals surface area contributed by atoms with E-state index in [9.17, 15) is 9.59 Å². The van der Waals surface area contributed by atoms with Crippen LogP contribution in [0.25, 0.3) is 0 Å². The van der Waals surface area contributed by atoms with E-state index in [1.54, 1.807) is 7.11 Å². The Hall–Kier alpha value is -2.08. The van der Waals surface area contributed by atoms with Gasteiger partial charge >= 0.3 is 5.97 Å². The third-order valence-electron chi connectivity index (χ3n) is 3.87. The summed E-state index contributed by atoms with van der Waals surface area (Å²) in [5, 5.41) is 11.9. The number of methoxy groups -OCH3 is 1. The maximum absolute atomic E-state index is 12.0. The lowest BCUT2D eigenvalue weighted by atomic mass is 9.98. The summed E-state index contributed by atoms with van der Waals surface area (Å²) in [4.78, 5) is 24.9. The molecule has 2 N–H and O–H groups in total. The number of hydrogen-bond acceptors (Lipinski definition) is 4. The average molecular weight is 306 g/mol. The van der Waals surface area contributed by atoms with Gasteiger partial charge in [0.05, 0.1) is 19.6 Å². The molecule has 1 aromatic rings.